The van der Waals surface area contributed by atoms with E-state index in [1.165, 1.54) is 17.0 Å². The van der Waals surface area contributed by atoms with Crippen molar-refractivity contribution < 1.29 is 14.0 Å². The number of halogens is 1. The van der Waals surface area contributed by atoms with Gasteiger partial charge in [-0.15, -0.1) is 0 Å². The molecule has 1 aromatic heterocycles. The second-order valence-electron chi connectivity index (χ2n) is 6.90. The number of hydrogen-bond donors (Lipinski definition) is 2. The summed E-state index contributed by atoms with van der Waals surface area (Å²) in [5.74, 6) is -0.973. The summed E-state index contributed by atoms with van der Waals surface area (Å²) in [7, 11) is 1.56. The Morgan fingerprint density at radius 1 is 1.07 bits per heavy atom. The van der Waals surface area contributed by atoms with Crippen LogP contribution in [0.15, 0.2) is 36.4 Å². The van der Waals surface area contributed by atoms with Crippen LogP contribution in [-0.2, 0) is 4.79 Å². The van der Waals surface area contributed by atoms with Crippen LogP contribution in [0.4, 0.5) is 10.1 Å². The second-order valence-corrected chi connectivity index (χ2v) is 6.90. The summed E-state index contributed by atoms with van der Waals surface area (Å²) in [4.78, 5) is 29.3. The van der Waals surface area contributed by atoms with Gasteiger partial charge in [0.15, 0.2) is 0 Å². The number of benzene rings is 2. The molecule has 3 rings (SSSR count). The highest BCUT2D eigenvalue weighted by atomic mass is 19.1. The monoisotopic (exact) mass is 367 g/mol. The van der Waals surface area contributed by atoms with E-state index in [4.69, 9.17) is 0 Å². The van der Waals surface area contributed by atoms with Crippen LogP contribution in [0.1, 0.15) is 27.2 Å². The van der Waals surface area contributed by atoms with Gasteiger partial charge in [-0.1, -0.05) is 17.7 Å². The topological polar surface area (TPSA) is 65.2 Å². The lowest BCUT2D eigenvalue weighted by molar-refractivity contribution is -0.116. The van der Waals surface area contributed by atoms with Gasteiger partial charge < -0.3 is 15.2 Å². The number of H-pyrrole nitrogens is 1. The summed E-state index contributed by atoms with van der Waals surface area (Å²) < 4.78 is 13.3. The molecule has 0 aliphatic rings. The summed E-state index contributed by atoms with van der Waals surface area (Å²) in [6.45, 7) is 5.79. The lowest BCUT2D eigenvalue weighted by Gasteiger charge is -2.18. The first-order chi connectivity index (χ1) is 12.7. The molecule has 0 saturated heterocycles. The molecule has 0 aliphatic carbocycles. The molecule has 5 nitrogen and oxygen atoms in total. The highest BCUT2D eigenvalue weighted by molar-refractivity contribution is 6.01. The maximum atomic E-state index is 13.3. The summed E-state index contributed by atoms with van der Waals surface area (Å²) >= 11 is 0. The Morgan fingerprint density at radius 3 is 2.41 bits per heavy atom. The van der Waals surface area contributed by atoms with Crippen LogP contribution in [0.2, 0.25) is 0 Å². The number of nitrogens with zero attached hydrogens (tertiary/aromatic N) is 1. The Morgan fingerprint density at radius 2 is 1.74 bits per heavy atom. The van der Waals surface area contributed by atoms with E-state index in [1.54, 1.807) is 19.2 Å². The quantitative estimate of drug-likeness (QED) is 0.733. The minimum atomic E-state index is -0.364. The van der Waals surface area contributed by atoms with Crippen molar-refractivity contribution in [2.24, 2.45) is 0 Å². The number of carbonyl (C=O) groups is 2. The van der Waals surface area contributed by atoms with E-state index in [0.717, 1.165) is 22.4 Å². The fourth-order valence-electron chi connectivity index (χ4n) is 3.27. The Hall–Kier alpha value is -3.15. The molecular weight excluding hydrogens is 345 g/mol. The molecule has 0 atom stereocenters. The normalized spacial score (nSPS) is 10.9. The predicted octanol–water partition coefficient (Wildman–Crippen LogP) is 3.94. The minimum absolute atomic E-state index is 0.0880. The number of likely N-dealkylation sites (N-methyl/N-ethyl adjacent to an activating group) is 1. The minimum Gasteiger partial charge on any atom is -0.351 e. The van der Waals surface area contributed by atoms with Crippen molar-refractivity contribution in [2.45, 2.75) is 20.8 Å². The van der Waals surface area contributed by atoms with Crippen LogP contribution < -0.4 is 5.32 Å². The van der Waals surface area contributed by atoms with Gasteiger partial charge in [-0.2, -0.15) is 0 Å². The third-order valence-corrected chi connectivity index (χ3v) is 4.48. The number of amides is 2. The Kier molecular flexibility index (Phi) is 4.99. The lowest BCUT2D eigenvalue weighted by Crippen LogP contribution is -2.35. The number of aromatic amines is 1. The van der Waals surface area contributed by atoms with E-state index < -0.39 is 0 Å². The Labute approximate surface area is 157 Å². The lowest BCUT2D eigenvalue weighted by atomic mass is 10.1. The van der Waals surface area contributed by atoms with Gasteiger partial charge in [-0.05, 0) is 56.2 Å². The zero-order valence-corrected chi connectivity index (χ0v) is 15.8. The first-order valence-electron chi connectivity index (χ1n) is 8.66. The van der Waals surface area contributed by atoms with Crippen LogP contribution in [0.25, 0.3) is 10.9 Å². The van der Waals surface area contributed by atoms with Gasteiger partial charge >= 0.3 is 0 Å². The maximum Gasteiger partial charge on any atom is 0.270 e. The van der Waals surface area contributed by atoms with Crippen LogP contribution in [0.5, 0.6) is 0 Å². The molecule has 0 saturated carbocycles. The molecule has 27 heavy (non-hydrogen) atoms. The molecule has 0 radical (unpaired) electrons. The molecular formula is C21H22FN3O2. The number of fused-ring (bicyclic) bond motifs is 1. The van der Waals surface area contributed by atoms with Gasteiger partial charge in [0.05, 0.1) is 6.54 Å². The van der Waals surface area contributed by atoms with Crippen molar-refractivity contribution in [1.29, 1.82) is 0 Å². The zero-order chi connectivity index (χ0) is 19.7. The van der Waals surface area contributed by atoms with Gasteiger partial charge in [0.2, 0.25) is 5.91 Å². The molecule has 0 spiro atoms. The number of carbonyl (C=O) groups excluding carboxylic acids is 2. The zero-order valence-electron chi connectivity index (χ0n) is 15.8. The number of anilines is 1. The van der Waals surface area contributed by atoms with Gasteiger partial charge in [0, 0.05) is 23.6 Å². The smallest absolute Gasteiger partial charge is 0.270 e. The van der Waals surface area contributed by atoms with Crippen molar-refractivity contribution in [3.05, 3.63) is 64.6 Å². The number of aryl methyl sites for hydroxylation is 3. The fraction of sp³-hybridized carbons (Fsp3) is 0.238. The van der Waals surface area contributed by atoms with E-state index in [2.05, 4.69) is 10.3 Å². The molecule has 0 unspecified atom stereocenters. The van der Waals surface area contributed by atoms with Crippen LogP contribution in [-0.4, -0.2) is 35.3 Å². The summed E-state index contributed by atoms with van der Waals surface area (Å²) in [5, 5.41) is 3.50. The third kappa shape index (κ3) is 4.00. The van der Waals surface area contributed by atoms with Gasteiger partial charge in [0.25, 0.3) is 5.91 Å². The highest BCUT2D eigenvalue weighted by Gasteiger charge is 2.18. The standard InChI is InChI=1S/C21H22FN3O2/c1-12-7-13(2)20(14(3)8-12)24-19(26)11-25(4)21(27)18-10-15-9-16(22)5-6-17(15)23-18/h5-10,23H,11H2,1-4H3,(H,24,26). The van der Waals surface area contributed by atoms with E-state index in [0.29, 0.717) is 16.6 Å². The van der Waals surface area contributed by atoms with Crippen molar-refractivity contribution >= 4 is 28.4 Å². The van der Waals surface area contributed by atoms with E-state index in [-0.39, 0.29) is 24.2 Å². The van der Waals surface area contributed by atoms with Crippen LogP contribution in [0, 0.1) is 26.6 Å². The second kappa shape index (κ2) is 7.23. The van der Waals surface area contributed by atoms with Crippen molar-refractivity contribution in [2.75, 3.05) is 18.9 Å². The Bertz CT molecular complexity index is 1020. The van der Waals surface area contributed by atoms with E-state index in [9.17, 15) is 14.0 Å². The molecule has 2 amide bonds. The number of nitrogens with one attached hydrogen (secondary N) is 2. The average Bonchev–Trinajstić information content (AvgIpc) is 3.00. The van der Waals surface area contributed by atoms with E-state index >= 15 is 0 Å². The highest BCUT2D eigenvalue weighted by Crippen LogP contribution is 2.22. The van der Waals surface area contributed by atoms with Crippen LogP contribution >= 0.6 is 0 Å². The molecule has 6 heteroatoms. The SMILES string of the molecule is Cc1cc(C)c(NC(=O)CN(C)C(=O)c2cc3cc(F)ccc3[nH]2)c(C)c1. The molecule has 140 valence electrons. The first-order valence-corrected chi connectivity index (χ1v) is 8.66. The maximum absolute atomic E-state index is 13.3. The van der Waals surface area contributed by atoms with Crippen molar-refractivity contribution in [3.8, 4) is 0 Å². The van der Waals surface area contributed by atoms with Gasteiger partial charge in [-0.25, -0.2) is 4.39 Å². The number of rotatable bonds is 4. The predicted molar refractivity (Wildman–Crippen MR) is 104 cm³/mol. The molecule has 0 bridgehead atoms. The van der Waals surface area contributed by atoms with Gasteiger partial charge in [0.1, 0.15) is 11.5 Å². The summed E-state index contributed by atoms with van der Waals surface area (Å²) in [6.07, 6.45) is 0. The third-order valence-electron chi connectivity index (χ3n) is 4.48. The summed E-state index contributed by atoms with van der Waals surface area (Å²) in [5.41, 5.74) is 4.84. The van der Waals surface area contributed by atoms with Gasteiger partial charge in [-0.3, -0.25) is 9.59 Å². The van der Waals surface area contributed by atoms with Crippen LogP contribution in [0.3, 0.4) is 0 Å². The number of aromatic nitrogens is 1. The first kappa shape index (κ1) is 18.6. The molecule has 2 N–H and O–H groups in total. The summed E-state index contributed by atoms with van der Waals surface area (Å²) in [6, 6.07) is 9.86. The molecule has 0 aliphatic heterocycles. The molecule has 2 aromatic carbocycles. The Balaban J connectivity index is 1.71. The molecule has 0 fully saturated rings. The number of hydrogen-bond acceptors (Lipinski definition) is 2. The van der Waals surface area contributed by atoms with E-state index in [1.807, 2.05) is 32.9 Å². The molecule has 3 aromatic rings. The van der Waals surface area contributed by atoms with Crippen molar-refractivity contribution in [3.63, 3.8) is 0 Å². The molecule has 1 heterocycles. The fourth-order valence-corrected chi connectivity index (χ4v) is 3.27. The largest absolute Gasteiger partial charge is 0.351 e. The average molecular weight is 367 g/mol. The van der Waals surface area contributed by atoms with Crippen molar-refractivity contribution in [1.82, 2.24) is 9.88 Å².